The van der Waals surface area contributed by atoms with Gasteiger partial charge in [-0.05, 0) is 26.0 Å². The summed E-state index contributed by atoms with van der Waals surface area (Å²) in [7, 11) is 0. The van der Waals surface area contributed by atoms with E-state index in [2.05, 4.69) is 29.6 Å². The first-order valence-electron chi connectivity index (χ1n) is 6.94. The van der Waals surface area contributed by atoms with E-state index in [1.807, 2.05) is 31.2 Å². The fourth-order valence-electron chi connectivity index (χ4n) is 2.56. The second kappa shape index (κ2) is 5.90. The summed E-state index contributed by atoms with van der Waals surface area (Å²) in [6.07, 6.45) is 1.86. The van der Waals surface area contributed by atoms with Crippen molar-refractivity contribution in [3.8, 4) is 0 Å². The van der Waals surface area contributed by atoms with Gasteiger partial charge in [-0.15, -0.1) is 0 Å². The van der Waals surface area contributed by atoms with E-state index in [9.17, 15) is 4.79 Å². The van der Waals surface area contributed by atoms with Gasteiger partial charge in [-0.1, -0.05) is 12.7 Å². The summed E-state index contributed by atoms with van der Waals surface area (Å²) in [5, 5.41) is 0. The number of nitrogens with zero attached hydrogens (tertiary/aromatic N) is 2. The highest BCUT2D eigenvalue weighted by atomic mass is 16.5. The van der Waals surface area contributed by atoms with Crippen LogP contribution in [0, 0.1) is 6.92 Å². The Morgan fingerprint density at radius 1 is 1.45 bits per heavy atom. The Labute approximate surface area is 119 Å². The summed E-state index contributed by atoms with van der Waals surface area (Å²) in [6.45, 7) is 11.8. The summed E-state index contributed by atoms with van der Waals surface area (Å²) in [4.78, 5) is 11.9. The first-order valence-corrected chi connectivity index (χ1v) is 6.94. The van der Waals surface area contributed by atoms with Crippen LogP contribution in [0.1, 0.15) is 30.0 Å². The van der Waals surface area contributed by atoms with Crippen molar-refractivity contribution in [3.05, 3.63) is 42.2 Å². The summed E-state index contributed by atoms with van der Waals surface area (Å²) < 4.78 is 9.46. The lowest BCUT2D eigenvalue weighted by Gasteiger charge is -2.01. The Kier molecular flexibility index (Phi) is 4.23. The number of aromatic nitrogens is 2. The third kappa shape index (κ3) is 2.33. The molecule has 1 heterocycles. The number of carbonyl (C=O) groups excluding carboxylic acids is 1. The van der Waals surface area contributed by atoms with Crippen LogP contribution in [0.15, 0.2) is 30.9 Å². The number of carbonyl (C=O) groups is 1. The van der Waals surface area contributed by atoms with E-state index in [1.54, 1.807) is 0 Å². The van der Waals surface area contributed by atoms with Crippen molar-refractivity contribution < 1.29 is 14.1 Å². The van der Waals surface area contributed by atoms with Crippen LogP contribution in [0.4, 0.5) is 0 Å². The molecule has 0 radical (unpaired) electrons. The van der Waals surface area contributed by atoms with Gasteiger partial charge in [-0.3, -0.25) is 0 Å². The minimum absolute atomic E-state index is 0.276. The molecule has 4 heteroatoms. The third-order valence-corrected chi connectivity index (χ3v) is 3.48. The first-order chi connectivity index (χ1) is 9.63. The molecule has 4 nitrogen and oxygen atoms in total. The highest BCUT2D eigenvalue weighted by molar-refractivity contribution is 5.93. The Morgan fingerprint density at radius 2 is 2.20 bits per heavy atom. The van der Waals surface area contributed by atoms with Crippen LogP contribution in [-0.2, 0) is 17.8 Å². The van der Waals surface area contributed by atoms with Crippen molar-refractivity contribution >= 4 is 17.0 Å². The predicted octanol–water partition coefficient (Wildman–Crippen LogP) is 2.62. The second-order valence-electron chi connectivity index (χ2n) is 4.61. The quantitative estimate of drug-likeness (QED) is 0.477. The Morgan fingerprint density at radius 3 is 2.80 bits per heavy atom. The van der Waals surface area contributed by atoms with E-state index in [1.165, 1.54) is 0 Å². The maximum absolute atomic E-state index is 11.9. The minimum Gasteiger partial charge on any atom is -0.462 e. The SMILES string of the molecule is C=CCn1c(C)[n+](CC)c2ccc(C(=O)OCC)cc21. The fraction of sp³-hybridized carbons (Fsp3) is 0.375. The molecule has 0 N–H and O–H groups in total. The molecule has 0 aliphatic carbocycles. The number of benzene rings is 1. The average Bonchev–Trinajstić information content (AvgIpc) is 2.71. The molecule has 20 heavy (non-hydrogen) atoms. The topological polar surface area (TPSA) is 35.1 Å². The van der Waals surface area contributed by atoms with Crippen LogP contribution in [0.2, 0.25) is 0 Å². The zero-order chi connectivity index (χ0) is 14.7. The van der Waals surface area contributed by atoms with E-state index in [0.29, 0.717) is 12.2 Å². The van der Waals surface area contributed by atoms with E-state index >= 15 is 0 Å². The van der Waals surface area contributed by atoms with E-state index in [4.69, 9.17) is 4.74 Å². The molecule has 106 valence electrons. The van der Waals surface area contributed by atoms with Gasteiger partial charge in [0.15, 0.2) is 11.0 Å². The fourth-order valence-corrected chi connectivity index (χ4v) is 2.56. The van der Waals surface area contributed by atoms with Crippen molar-refractivity contribution in [1.82, 2.24) is 4.57 Å². The number of esters is 1. The van der Waals surface area contributed by atoms with Gasteiger partial charge < -0.3 is 4.74 Å². The number of ether oxygens (including phenoxy) is 1. The molecule has 2 aromatic rings. The summed E-state index contributed by atoms with van der Waals surface area (Å²) in [6, 6.07) is 5.71. The van der Waals surface area contributed by atoms with Crippen LogP contribution >= 0.6 is 0 Å². The first kappa shape index (κ1) is 14.3. The molecule has 1 aromatic carbocycles. The minimum atomic E-state index is -0.276. The van der Waals surface area contributed by atoms with Crippen molar-refractivity contribution in [2.75, 3.05) is 6.61 Å². The molecule has 0 bridgehead atoms. The van der Waals surface area contributed by atoms with Gasteiger partial charge in [0, 0.05) is 13.0 Å². The summed E-state index contributed by atoms with van der Waals surface area (Å²) in [5.41, 5.74) is 2.75. The van der Waals surface area contributed by atoms with E-state index in [-0.39, 0.29) is 5.97 Å². The van der Waals surface area contributed by atoms with Crippen molar-refractivity contribution in [3.63, 3.8) is 0 Å². The van der Waals surface area contributed by atoms with E-state index in [0.717, 1.165) is 29.9 Å². The largest absolute Gasteiger partial charge is 0.462 e. The molecule has 0 unspecified atom stereocenters. The van der Waals surface area contributed by atoms with Gasteiger partial charge in [-0.25, -0.2) is 13.9 Å². The smallest absolute Gasteiger partial charge is 0.338 e. The molecule has 0 saturated carbocycles. The molecule has 0 spiro atoms. The molecular formula is C16H21N2O2+. The number of aryl methyl sites for hydroxylation is 1. The lowest BCUT2D eigenvalue weighted by molar-refractivity contribution is -0.674. The lowest BCUT2D eigenvalue weighted by atomic mass is 10.2. The number of rotatable bonds is 5. The van der Waals surface area contributed by atoms with E-state index < -0.39 is 0 Å². The molecular weight excluding hydrogens is 252 g/mol. The van der Waals surface area contributed by atoms with Crippen LogP contribution in [0.5, 0.6) is 0 Å². The average molecular weight is 273 g/mol. The number of allylic oxidation sites excluding steroid dienone is 1. The van der Waals surface area contributed by atoms with Crippen molar-refractivity contribution in [2.45, 2.75) is 33.9 Å². The van der Waals surface area contributed by atoms with Crippen molar-refractivity contribution in [2.24, 2.45) is 0 Å². The van der Waals surface area contributed by atoms with Gasteiger partial charge >= 0.3 is 5.97 Å². The Hall–Kier alpha value is -2.10. The molecule has 0 fully saturated rings. The zero-order valence-electron chi connectivity index (χ0n) is 12.3. The number of imidazole rings is 1. The molecule has 0 amide bonds. The van der Waals surface area contributed by atoms with Gasteiger partial charge in [0.25, 0.3) is 5.82 Å². The maximum Gasteiger partial charge on any atom is 0.338 e. The highest BCUT2D eigenvalue weighted by Gasteiger charge is 2.21. The zero-order valence-corrected chi connectivity index (χ0v) is 12.3. The lowest BCUT2D eigenvalue weighted by Crippen LogP contribution is -2.35. The van der Waals surface area contributed by atoms with Gasteiger partial charge in [0.2, 0.25) is 0 Å². The monoisotopic (exact) mass is 273 g/mol. The highest BCUT2D eigenvalue weighted by Crippen LogP contribution is 2.17. The molecule has 0 atom stereocenters. The van der Waals surface area contributed by atoms with Gasteiger partial charge in [-0.2, -0.15) is 0 Å². The van der Waals surface area contributed by atoms with Gasteiger partial charge in [0.05, 0.1) is 18.7 Å². The van der Waals surface area contributed by atoms with Crippen LogP contribution in [-0.4, -0.2) is 17.1 Å². The third-order valence-electron chi connectivity index (χ3n) is 3.48. The molecule has 1 aromatic heterocycles. The number of fused-ring (bicyclic) bond motifs is 1. The normalized spacial score (nSPS) is 10.8. The van der Waals surface area contributed by atoms with Crippen LogP contribution in [0.25, 0.3) is 11.0 Å². The number of hydrogen-bond acceptors (Lipinski definition) is 2. The standard InChI is InChI=1S/C16H21N2O2/c1-5-10-18-12(4)17(6-2)14-9-8-13(11-15(14)18)16(19)20-7-3/h5,8-9,11H,1,6-7,10H2,2-4H3/q+1. The second-order valence-corrected chi connectivity index (χ2v) is 4.61. The molecule has 0 saturated heterocycles. The summed E-state index contributed by atoms with van der Waals surface area (Å²) >= 11 is 0. The molecule has 2 rings (SSSR count). The Balaban J connectivity index is 2.63. The predicted molar refractivity (Wildman–Crippen MR) is 78.7 cm³/mol. The molecule has 0 aliphatic rings. The van der Waals surface area contributed by atoms with Crippen LogP contribution in [0.3, 0.4) is 0 Å². The Bertz CT molecular complexity index is 656. The maximum atomic E-state index is 11.9. The number of hydrogen-bond donors (Lipinski definition) is 0. The van der Waals surface area contributed by atoms with Crippen molar-refractivity contribution in [1.29, 1.82) is 0 Å². The van der Waals surface area contributed by atoms with Crippen LogP contribution < -0.4 is 4.57 Å². The van der Waals surface area contributed by atoms with Gasteiger partial charge in [0.1, 0.15) is 6.54 Å². The summed E-state index contributed by atoms with van der Waals surface area (Å²) in [5.74, 6) is 0.880. The molecule has 0 aliphatic heterocycles.